The van der Waals surface area contributed by atoms with Crippen molar-refractivity contribution in [2.24, 2.45) is 0 Å². The summed E-state index contributed by atoms with van der Waals surface area (Å²) in [5.41, 5.74) is 4.93. The molecule has 1 aromatic heterocycles. The van der Waals surface area contributed by atoms with Gasteiger partial charge in [0.1, 0.15) is 0 Å². The Morgan fingerprint density at radius 1 is 1.00 bits per heavy atom. The maximum Gasteiger partial charge on any atom is 0.0695 e. The first kappa shape index (κ1) is 20.8. The molecule has 5 nitrogen and oxygen atoms in total. The molecular weight excluding hydrogens is 372 g/mol. The molecule has 2 aromatic carbocycles. The first-order valence-corrected chi connectivity index (χ1v) is 11.0. The Hall–Kier alpha value is -2.47. The minimum absolute atomic E-state index is 0.245. The van der Waals surface area contributed by atoms with Crippen molar-refractivity contribution < 1.29 is 5.11 Å². The van der Waals surface area contributed by atoms with Gasteiger partial charge in [-0.1, -0.05) is 60.7 Å². The molecule has 0 aliphatic carbocycles. The standard InChI is InChI=1S/C25H32N4O/c30-17-13-24-20-28(15-16-29(24)14-7-10-21-8-3-1-4-9-21)19-23-18-26-27-25(23)22-11-5-2-6-12-22/h1-6,8-9,11-12,18,24,30H,7,10,13-17,19-20H2,(H,26,27). The lowest BCUT2D eigenvalue weighted by atomic mass is 10.0. The van der Waals surface area contributed by atoms with Crippen molar-refractivity contribution in [1.82, 2.24) is 20.0 Å². The van der Waals surface area contributed by atoms with Gasteiger partial charge < -0.3 is 5.11 Å². The summed E-state index contributed by atoms with van der Waals surface area (Å²) < 4.78 is 0. The second-order valence-electron chi connectivity index (χ2n) is 8.16. The fraction of sp³-hybridized carbons (Fsp3) is 0.400. The number of benzene rings is 2. The quantitative estimate of drug-likeness (QED) is 0.572. The SMILES string of the molecule is OCCC1CN(Cc2cn[nH]c2-c2ccccc2)CCN1CCCc1ccccc1. The van der Waals surface area contributed by atoms with E-state index in [4.69, 9.17) is 0 Å². The highest BCUT2D eigenvalue weighted by Crippen LogP contribution is 2.23. The average molecular weight is 405 g/mol. The number of hydrogen-bond acceptors (Lipinski definition) is 4. The van der Waals surface area contributed by atoms with E-state index in [0.717, 1.165) is 57.7 Å². The fourth-order valence-electron chi connectivity index (χ4n) is 4.48. The van der Waals surface area contributed by atoms with E-state index in [1.807, 2.05) is 12.3 Å². The number of piperazine rings is 1. The van der Waals surface area contributed by atoms with E-state index in [9.17, 15) is 5.11 Å². The van der Waals surface area contributed by atoms with Crippen LogP contribution in [0.1, 0.15) is 24.0 Å². The predicted molar refractivity (Wildman–Crippen MR) is 121 cm³/mol. The zero-order valence-corrected chi connectivity index (χ0v) is 17.6. The van der Waals surface area contributed by atoms with Gasteiger partial charge in [0.15, 0.2) is 0 Å². The van der Waals surface area contributed by atoms with Crippen molar-refractivity contribution >= 4 is 0 Å². The van der Waals surface area contributed by atoms with Crippen molar-refractivity contribution in [2.45, 2.75) is 31.8 Å². The van der Waals surface area contributed by atoms with Gasteiger partial charge in [-0.05, 0) is 36.9 Å². The van der Waals surface area contributed by atoms with Gasteiger partial charge in [0.05, 0.1) is 11.9 Å². The number of aryl methyl sites for hydroxylation is 1. The molecule has 0 amide bonds. The highest BCUT2D eigenvalue weighted by Gasteiger charge is 2.27. The van der Waals surface area contributed by atoms with Crippen LogP contribution in [0.5, 0.6) is 0 Å². The van der Waals surface area contributed by atoms with Crippen molar-refractivity contribution in [3.63, 3.8) is 0 Å². The Morgan fingerprint density at radius 3 is 2.53 bits per heavy atom. The van der Waals surface area contributed by atoms with Crippen LogP contribution in [0.25, 0.3) is 11.3 Å². The number of aromatic nitrogens is 2. The molecular formula is C25H32N4O. The van der Waals surface area contributed by atoms with Crippen LogP contribution in [0.4, 0.5) is 0 Å². The summed E-state index contributed by atoms with van der Waals surface area (Å²) >= 11 is 0. The van der Waals surface area contributed by atoms with E-state index < -0.39 is 0 Å². The molecule has 0 saturated carbocycles. The molecule has 2 N–H and O–H groups in total. The summed E-state index contributed by atoms with van der Waals surface area (Å²) in [5.74, 6) is 0. The van der Waals surface area contributed by atoms with Crippen LogP contribution in [0, 0.1) is 0 Å². The lowest BCUT2D eigenvalue weighted by molar-refractivity contribution is 0.0547. The number of hydrogen-bond donors (Lipinski definition) is 2. The van der Waals surface area contributed by atoms with Crippen LogP contribution in [0.3, 0.4) is 0 Å². The minimum atomic E-state index is 0.245. The largest absolute Gasteiger partial charge is 0.396 e. The molecule has 1 saturated heterocycles. The Bertz CT molecular complexity index is 880. The van der Waals surface area contributed by atoms with E-state index in [0.29, 0.717) is 6.04 Å². The normalized spacial score (nSPS) is 18.0. The molecule has 2 heterocycles. The predicted octanol–water partition coefficient (Wildman–Crippen LogP) is 3.58. The Balaban J connectivity index is 1.34. The molecule has 158 valence electrons. The molecule has 1 aliphatic rings. The molecule has 30 heavy (non-hydrogen) atoms. The van der Waals surface area contributed by atoms with E-state index in [-0.39, 0.29) is 6.61 Å². The van der Waals surface area contributed by atoms with E-state index in [1.165, 1.54) is 16.7 Å². The van der Waals surface area contributed by atoms with Gasteiger partial charge in [0.2, 0.25) is 0 Å². The summed E-state index contributed by atoms with van der Waals surface area (Å²) in [4.78, 5) is 5.08. The molecule has 0 radical (unpaired) electrons. The number of rotatable bonds is 9. The number of aliphatic hydroxyl groups excluding tert-OH is 1. The number of aromatic amines is 1. The topological polar surface area (TPSA) is 55.4 Å². The number of nitrogens with one attached hydrogen (secondary N) is 1. The third-order valence-corrected chi connectivity index (χ3v) is 6.08. The Kier molecular flexibility index (Phi) is 7.29. The average Bonchev–Trinajstić information content (AvgIpc) is 3.25. The number of aliphatic hydroxyl groups is 1. The van der Waals surface area contributed by atoms with Gasteiger partial charge in [0.25, 0.3) is 0 Å². The third kappa shape index (κ3) is 5.36. The maximum absolute atomic E-state index is 9.62. The van der Waals surface area contributed by atoms with Crippen molar-refractivity contribution in [3.05, 3.63) is 78.0 Å². The zero-order valence-electron chi connectivity index (χ0n) is 17.6. The molecule has 1 aliphatic heterocycles. The maximum atomic E-state index is 9.62. The van der Waals surface area contributed by atoms with Crippen LogP contribution in [0.15, 0.2) is 66.9 Å². The Morgan fingerprint density at radius 2 is 1.77 bits per heavy atom. The summed E-state index contributed by atoms with van der Waals surface area (Å²) in [6, 6.07) is 21.5. The molecule has 0 bridgehead atoms. The molecule has 4 rings (SSSR count). The third-order valence-electron chi connectivity index (χ3n) is 6.08. The molecule has 1 atom stereocenters. The van der Waals surface area contributed by atoms with Crippen LogP contribution in [-0.2, 0) is 13.0 Å². The highest BCUT2D eigenvalue weighted by atomic mass is 16.3. The van der Waals surface area contributed by atoms with Gasteiger partial charge in [-0.25, -0.2) is 0 Å². The van der Waals surface area contributed by atoms with Crippen molar-refractivity contribution in [1.29, 1.82) is 0 Å². The molecule has 1 fully saturated rings. The molecule has 5 heteroatoms. The van der Waals surface area contributed by atoms with Gasteiger partial charge >= 0.3 is 0 Å². The molecule has 3 aromatic rings. The molecule has 0 spiro atoms. The van der Waals surface area contributed by atoms with Crippen LogP contribution in [0.2, 0.25) is 0 Å². The first-order valence-electron chi connectivity index (χ1n) is 11.0. The van der Waals surface area contributed by atoms with Crippen LogP contribution < -0.4 is 0 Å². The van der Waals surface area contributed by atoms with Gasteiger partial charge in [0, 0.05) is 44.4 Å². The fourth-order valence-corrected chi connectivity index (χ4v) is 4.48. The van der Waals surface area contributed by atoms with Gasteiger partial charge in [-0.3, -0.25) is 14.9 Å². The molecule has 1 unspecified atom stereocenters. The lowest BCUT2D eigenvalue weighted by Gasteiger charge is -2.41. The first-order chi connectivity index (χ1) is 14.8. The minimum Gasteiger partial charge on any atom is -0.396 e. The Labute approximate surface area is 179 Å². The van der Waals surface area contributed by atoms with Gasteiger partial charge in [-0.2, -0.15) is 5.10 Å². The smallest absolute Gasteiger partial charge is 0.0695 e. The van der Waals surface area contributed by atoms with Crippen LogP contribution in [-0.4, -0.2) is 63.9 Å². The van der Waals surface area contributed by atoms with Crippen LogP contribution >= 0.6 is 0 Å². The number of nitrogens with zero attached hydrogens (tertiary/aromatic N) is 3. The van der Waals surface area contributed by atoms with Crippen molar-refractivity contribution in [2.75, 3.05) is 32.8 Å². The summed E-state index contributed by atoms with van der Waals surface area (Å²) in [6.45, 7) is 5.32. The van der Waals surface area contributed by atoms with Gasteiger partial charge in [-0.15, -0.1) is 0 Å². The van der Waals surface area contributed by atoms with E-state index in [1.54, 1.807) is 0 Å². The summed E-state index contributed by atoms with van der Waals surface area (Å²) in [6.07, 6.45) is 5.06. The summed E-state index contributed by atoms with van der Waals surface area (Å²) in [7, 11) is 0. The summed E-state index contributed by atoms with van der Waals surface area (Å²) in [5, 5.41) is 17.1. The second-order valence-corrected chi connectivity index (χ2v) is 8.16. The lowest BCUT2D eigenvalue weighted by Crippen LogP contribution is -2.53. The van der Waals surface area contributed by atoms with E-state index in [2.05, 4.69) is 74.6 Å². The highest BCUT2D eigenvalue weighted by molar-refractivity contribution is 5.62. The second kappa shape index (κ2) is 10.5. The zero-order chi connectivity index (χ0) is 20.6. The number of H-pyrrole nitrogens is 1. The monoisotopic (exact) mass is 404 g/mol. The van der Waals surface area contributed by atoms with E-state index >= 15 is 0 Å². The van der Waals surface area contributed by atoms with Crippen molar-refractivity contribution in [3.8, 4) is 11.3 Å².